The maximum Gasteiger partial charge on any atom is 0.332 e. The Morgan fingerprint density at radius 1 is 1.33 bits per heavy atom. The second-order valence-corrected chi connectivity index (χ2v) is 4.78. The summed E-state index contributed by atoms with van der Waals surface area (Å²) in [7, 11) is 0. The van der Waals surface area contributed by atoms with E-state index in [1.54, 1.807) is 19.1 Å². The van der Waals surface area contributed by atoms with Gasteiger partial charge in [0.05, 0.1) is 12.3 Å². The zero-order valence-electron chi connectivity index (χ0n) is 11.6. The molecule has 1 aromatic carbocycles. The largest absolute Gasteiger partial charge is 0.492 e. The number of nitrogens with one attached hydrogen (secondary N) is 1. The Hall–Kier alpha value is -2.34. The molecule has 0 amide bonds. The molecule has 108 valence electrons. The van der Waals surface area contributed by atoms with Gasteiger partial charge in [-0.1, -0.05) is 23.7 Å². The van der Waals surface area contributed by atoms with Crippen LogP contribution in [-0.2, 0) is 0 Å². The summed E-state index contributed by atoms with van der Waals surface area (Å²) in [4.78, 5) is 23.3. The highest BCUT2D eigenvalue weighted by atomic mass is 35.5. The fourth-order valence-electron chi connectivity index (χ4n) is 2.23. The van der Waals surface area contributed by atoms with Crippen molar-refractivity contribution >= 4 is 22.8 Å². The van der Waals surface area contributed by atoms with Crippen LogP contribution in [0, 0.1) is 6.92 Å². The number of hydrogen-bond donors (Lipinski definition) is 1. The highest BCUT2D eigenvalue weighted by molar-refractivity contribution is 6.33. The lowest BCUT2D eigenvalue weighted by atomic mass is 10.3. The van der Waals surface area contributed by atoms with E-state index in [1.165, 1.54) is 4.57 Å². The molecule has 0 saturated heterocycles. The first-order valence-electron chi connectivity index (χ1n) is 6.49. The number of imidazole rings is 1. The molecule has 0 unspecified atom stereocenters. The number of rotatable bonds is 3. The molecule has 0 fully saturated rings. The average molecular weight is 305 g/mol. The van der Waals surface area contributed by atoms with Crippen molar-refractivity contribution < 1.29 is 4.74 Å². The Bertz CT molecular complexity index is 869. The van der Waals surface area contributed by atoms with Gasteiger partial charge < -0.3 is 4.74 Å². The van der Waals surface area contributed by atoms with E-state index in [2.05, 4.69) is 15.0 Å². The zero-order chi connectivity index (χ0) is 15.0. The van der Waals surface area contributed by atoms with Crippen molar-refractivity contribution in [3.05, 3.63) is 45.7 Å². The van der Waals surface area contributed by atoms with Crippen molar-refractivity contribution in [1.82, 2.24) is 19.5 Å². The van der Waals surface area contributed by atoms with Crippen LogP contribution in [0.5, 0.6) is 5.75 Å². The predicted octanol–water partition coefficient (Wildman–Crippen LogP) is 2.47. The van der Waals surface area contributed by atoms with E-state index in [9.17, 15) is 4.79 Å². The van der Waals surface area contributed by atoms with E-state index in [4.69, 9.17) is 16.3 Å². The Morgan fingerprint density at radius 3 is 2.86 bits per heavy atom. The Balaban J connectivity index is 2.36. The van der Waals surface area contributed by atoms with Crippen LogP contribution in [0.2, 0.25) is 5.15 Å². The molecular weight excluding hydrogens is 292 g/mol. The van der Waals surface area contributed by atoms with Gasteiger partial charge in [0.25, 0.3) is 0 Å². The summed E-state index contributed by atoms with van der Waals surface area (Å²) in [6.45, 7) is 4.10. The highest BCUT2D eigenvalue weighted by Gasteiger charge is 2.17. The van der Waals surface area contributed by atoms with Crippen LogP contribution >= 0.6 is 11.6 Å². The van der Waals surface area contributed by atoms with Crippen LogP contribution in [0.15, 0.2) is 29.1 Å². The second kappa shape index (κ2) is 5.21. The van der Waals surface area contributed by atoms with Gasteiger partial charge in [0, 0.05) is 0 Å². The number of aryl methyl sites for hydroxylation is 1. The molecular formula is C14H13ClN4O2. The quantitative estimate of drug-likeness (QED) is 0.754. The van der Waals surface area contributed by atoms with Crippen molar-refractivity contribution in [1.29, 1.82) is 0 Å². The summed E-state index contributed by atoms with van der Waals surface area (Å²) in [6, 6.07) is 7.26. The number of hydrogen-bond acceptors (Lipinski definition) is 4. The van der Waals surface area contributed by atoms with Crippen molar-refractivity contribution in [3.63, 3.8) is 0 Å². The zero-order valence-corrected chi connectivity index (χ0v) is 12.3. The average Bonchev–Trinajstić information content (AvgIpc) is 2.76. The maximum atomic E-state index is 12.3. The first-order chi connectivity index (χ1) is 10.1. The van der Waals surface area contributed by atoms with Crippen LogP contribution in [0.25, 0.3) is 16.9 Å². The molecule has 0 spiro atoms. The number of benzene rings is 1. The molecule has 1 N–H and O–H groups in total. The number of nitrogens with zero attached hydrogens (tertiary/aromatic N) is 3. The van der Waals surface area contributed by atoms with E-state index < -0.39 is 0 Å². The molecule has 0 bridgehead atoms. The summed E-state index contributed by atoms with van der Waals surface area (Å²) in [5, 5.41) is 0.224. The van der Waals surface area contributed by atoms with Gasteiger partial charge in [0.1, 0.15) is 17.1 Å². The van der Waals surface area contributed by atoms with E-state index in [1.807, 2.05) is 19.1 Å². The van der Waals surface area contributed by atoms with Gasteiger partial charge in [0.2, 0.25) is 0 Å². The Morgan fingerprint density at radius 2 is 2.10 bits per heavy atom. The third-order valence-corrected chi connectivity index (χ3v) is 3.27. The molecule has 3 rings (SSSR count). The van der Waals surface area contributed by atoms with E-state index >= 15 is 0 Å². The van der Waals surface area contributed by atoms with Gasteiger partial charge in [-0.15, -0.1) is 0 Å². The highest BCUT2D eigenvalue weighted by Crippen LogP contribution is 2.27. The monoisotopic (exact) mass is 304 g/mol. The standard InChI is InChI=1S/C14H13ClN4O2/c1-3-21-10-7-5-4-6-9(10)19-11-12(15)16-8(2)17-13(11)18-14(19)20/h4-7H,3H2,1-2H3,(H,16,17,18,20). The van der Waals surface area contributed by atoms with E-state index in [0.717, 1.165) is 0 Å². The number of H-pyrrole nitrogens is 1. The third kappa shape index (κ3) is 2.27. The van der Waals surface area contributed by atoms with Crippen molar-refractivity contribution in [3.8, 4) is 11.4 Å². The summed E-state index contributed by atoms with van der Waals surface area (Å²) >= 11 is 6.19. The molecule has 0 radical (unpaired) electrons. The molecule has 6 nitrogen and oxygen atoms in total. The second-order valence-electron chi connectivity index (χ2n) is 4.43. The molecule has 0 aliphatic carbocycles. The van der Waals surface area contributed by atoms with Crippen molar-refractivity contribution in [2.45, 2.75) is 13.8 Å². The number of halogens is 1. The van der Waals surface area contributed by atoms with Crippen LogP contribution in [-0.4, -0.2) is 26.1 Å². The first-order valence-corrected chi connectivity index (χ1v) is 6.86. The fraction of sp³-hybridized carbons (Fsp3) is 0.214. The summed E-state index contributed by atoms with van der Waals surface area (Å²) in [6.07, 6.45) is 0. The lowest BCUT2D eigenvalue weighted by Gasteiger charge is -2.10. The van der Waals surface area contributed by atoms with E-state index in [0.29, 0.717) is 35.0 Å². The predicted molar refractivity (Wildman–Crippen MR) is 80.4 cm³/mol. The summed E-state index contributed by atoms with van der Waals surface area (Å²) in [5.74, 6) is 1.10. The van der Waals surface area contributed by atoms with Crippen LogP contribution in [0.1, 0.15) is 12.7 Å². The first kappa shape index (κ1) is 13.6. The SMILES string of the molecule is CCOc1ccccc1-n1c(=O)[nH]c2nc(C)nc(Cl)c21. The molecule has 7 heteroatoms. The van der Waals surface area contributed by atoms with Gasteiger partial charge in [-0.2, -0.15) is 0 Å². The van der Waals surface area contributed by atoms with Gasteiger partial charge in [-0.3, -0.25) is 9.55 Å². The maximum absolute atomic E-state index is 12.3. The van der Waals surface area contributed by atoms with Gasteiger partial charge >= 0.3 is 5.69 Å². The van der Waals surface area contributed by atoms with E-state index in [-0.39, 0.29) is 10.8 Å². The van der Waals surface area contributed by atoms with Crippen molar-refractivity contribution in [2.75, 3.05) is 6.61 Å². The minimum atomic E-state index is -0.334. The topological polar surface area (TPSA) is 72.8 Å². The fourth-order valence-corrected chi connectivity index (χ4v) is 2.52. The van der Waals surface area contributed by atoms with Gasteiger partial charge in [0.15, 0.2) is 10.8 Å². The minimum absolute atomic E-state index is 0.224. The van der Waals surface area contributed by atoms with Crippen LogP contribution in [0.4, 0.5) is 0 Å². The van der Waals surface area contributed by atoms with Gasteiger partial charge in [-0.25, -0.2) is 14.8 Å². The Labute approximate surface area is 125 Å². The van der Waals surface area contributed by atoms with Gasteiger partial charge in [-0.05, 0) is 26.0 Å². The lowest BCUT2D eigenvalue weighted by molar-refractivity contribution is 0.339. The molecule has 21 heavy (non-hydrogen) atoms. The minimum Gasteiger partial charge on any atom is -0.492 e. The smallest absolute Gasteiger partial charge is 0.332 e. The normalized spacial score (nSPS) is 11.0. The molecule has 2 heterocycles. The molecule has 0 saturated carbocycles. The molecule has 0 atom stereocenters. The molecule has 0 aliphatic heterocycles. The van der Waals surface area contributed by atoms with Crippen LogP contribution < -0.4 is 10.4 Å². The molecule has 2 aromatic heterocycles. The Kier molecular flexibility index (Phi) is 3.39. The third-order valence-electron chi connectivity index (χ3n) is 3.01. The number of para-hydroxylation sites is 2. The number of fused-ring (bicyclic) bond motifs is 1. The lowest BCUT2D eigenvalue weighted by Crippen LogP contribution is -2.15. The molecule has 0 aliphatic rings. The van der Waals surface area contributed by atoms with Crippen molar-refractivity contribution in [2.24, 2.45) is 0 Å². The molecule has 3 aromatic rings. The number of aromatic amines is 1. The number of aromatic nitrogens is 4. The summed E-state index contributed by atoms with van der Waals surface area (Å²) < 4.78 is 7.00. The summed E-state index contributed by atoms with van der Waals surface area (Å²) in [5.41, 5.74) is 1.12. The van der Waals surface area contributed by atoms with Crippen LogP contribution in [0.3, 0.4) is 0 Å². The number of ether oxygens (including phenoxy) is 1.